The molecule has 3 aromatic heterocycles. The number of rotatable bonds is 3. The van der Waals surface area contributed by atoms with Crippen LogP contribution in [0.1, 0.15) is 40.7 Å². The molecular formula is C25H27B2N5. The van der Waals surface area contributed by atoms with Gasteiger partial charge in [-0.2, -0.15) is 5.10 Å². The van der Waals surface area contributed by atoms with E-state index in [1.807, 2.05) is 17.8 Å². The summed E-state index contributed by atoms with van der Waals surface area (Å²) < 4.78 is 2.00. The van der Waals surface area contributed by atoms with Crippen molar-refractivity contribution in [3.8, 4) is 11.3 Å². The number of aryl methyl sites for hydroxylation is 4. The Morgan fingerprint density at radius 3 is 2.62 bits per heavy atom. The number of hydrogen-bond donors (Lipinski definition) is 1. The van der Waals surface area contributed by atoms with Crippen LogP contribution in [-0.4, -0.2) is 42.0 Å². The Hall–Kier alpha value is -2.95. The molecule has 0 amide bonds. The van der Waals surface area contributed by atoms with E-state index in [-0.39, 0.29) is 0 Å². The molecule has 0 saturated heterocycles. The number of nitrogens with one attached hydrogen (secondary N) is 1. The van der Waals surface area contributed by atoms with Crippen LogP contribution in [0.2, 0.25) is 0 Å². The normalized spacial score (nSPS) is 15.3. The molecule has 1 N–H and O–H groups in total. The third-order valence-corrected chi connectivity index (χ3v) is 6.80. The van der Waals surface area contributed by atoms with Gasteiger partial charge in [-0.05, 0) is 68.8 Å². The van der Waals surface area contributed by atoms with Gasteiger partial charge in [0, 0.05) is 47.9 Å². The molecule has 0 fully saturated rings. The van der Waals surface area contributed by atoms with Gasteiger partial charge in [0.25, 0.3) is 0 Å². The SMILES string of the molecule is [B]C1([B])c2c(C)cc(-c3cccc4[nH]cc(C)c34)nc2CCN1c1c(C)nn(CC)c1C. The first-order valence-electron chi connectivity index (χ1n) is 11.2. The fourth-order valence-corrected chi connectivity index (χ4v) is 5.39. The van der Waals surface area contributed by atoms with Gasteiger partial charge in [-0.3, -0.25) is 9.67 Å². The molecule has 0 atom stereocenters. The lowest BCUT2D eigenvalue weighted by Crippen LogP contribution is -2.53. The molecule has 7 heteroatoms. The largest absolute Gasteiger partial charge is 0.376 e. The summed E-state index contributed by atoms with van der Waals surface area (Å²) in [7, 11) is 13.7. The molecular weight excluding hydrogens is 392 g/mol. The lowest BCUT2D eigenvalue weighted by Gasteiger charge is -2.47. The highest BCUT2D eigenvalue weighted by Gasteiger charge is 2.38. The number of pyridine rings is 1. The Kier molecular flexibility index (Phi) is 4.77. The molecule has 0 saturated carbocycles. The Morgan fingerprint density at radius 1 is 1.12 bits per heavy atom. The van der Waals surface area contributed by atoms with Crippen LogP contribution in [0.15, 0.2) is 30.5 Å². The molecule has 0 bridgehead atoms. The quantitative estimate of drug-likeness (QED) is 0.507. The predicted molar refractivity (Wildman–Crippen MR) is 133 cm³/mol. The number of fused-ring (bicyclic) bond motifs is 2. The molecule has 4 heterocycles. The fraction of sp³-hybridized carbons (Fsp3) is 0.360. The third kappa shape index (κ3) is 2.94. The molecule has 1 aliphatic rings. The lowest BCUT2D eigenvalue weighted by molar-refractivity contribution is 0.626. The van der Waals surface area contributed by atoms with Crippen molar-refractivity contribution in [2.75, 3.05) is 11.4 Å². The van der Waals surface area contributed by atoms with E-state index in [9.17, 15) is 0 Å². The first-order valence-corrected chi connectivity index (χ1v) is 11.2. The number of hydrogen-bond acceptors (Lipinski definition) is 3. The molecule has 0 spiro atoms. The molecule has 32 heavy (non-hydrogen) atoms. The summed E-state index contributed by atoms with van der Waals surface area (Å²) >= 11 is 0. The van der Waals surface area contributed by atoms with E-state index in [0.29, 0.717) is 6.54 Å². The number of aromatic nitrogens is 4. The summed E-state index contributed by atoms with van der Waals surface area (Å²) in [5, 5.41) is 4.73. The molecule has 1 aliphatic heterocycles. The minimum atomic E-state index is -1.16. The highest BCUT2D eigenvalue weighted by molar-refractivity contribution is 6.42. The first-order chi connectivity index (χ1) is 15.2. The second kappa shape index (κ2) is 7.29. The van der Waals surface area contributed by atoms with Gasteiger partial charge in [0.1, 0.15) is 0 Å². The summed E-state index contributed by atoms with van der Waals surface area (Å²) in [6, 6.07) is 8.42. The minimum absolute atomic E-state index is 0.695. The van der Waals surface area contributed by atoms with Gasteiger partial charge in [0.15, 0.2) is 0 Å². The van der Waals surface area contributed by atoms with Crippen LogP contribution in [0.5, 0.6) is 0 Å². The van der Waals surface area contributed by atoms with Crippen LogP contribution >= 0.6 is 0 Å². The van der Waals surface area contributed by atoms with E-state index in [1.54, 1.807) is 0 Å². The predicted octanol–water partition coefficient (Wildman–Crippen LogP) is 4.19. The Labute approximate surface area is 192 Å². The summed E-state index contributed by atoms with van der Waals surface area (Å²) in [6.45, 7) is 11.9. The molecule has 4 radical (unpaired) electrons. The highest BCUT2D eigenvalue weighted by atomic mass is 15.3. The van der Waals surface area contributed by atoms with E-state index in [0.717, 1.165) is 63.6 Å². The molecule has 5 nitrogen and oxygen atoms in total. The zero-order valence-corrected chi connectivity index (χ0v) is 19.5. The zero-order valence-electron chi connectivity index (χ0n) is 19.5. The van der Waals surface area contributed by atoms with Gasteiger partial charge in [-0.1, -0.05) is 12.1 Å². The van der Waals surface area contributed by atoms with Crippen LogP contribution < -0.4 is 4.90 Å². The highest BCUT2D eigenvalue weighted by Crippen LogP contribution is 2.40. The summed E-state index contributed by atoms with van der Waals surface area (Å²) in [6.07, 6.45) is 2.82. The van der Waals surface area contributed by atoms with Gasteiger partial charge in [-0.15, -0.1) is 0 Å². The van der Waals surface area contributed by atoms with Crippen LogP contribution in [0.4, 0.5) is 5.69 Å². The fourth-order valence-electron chi connectivity index (χ4n) is 5.39. The molecule has 0 unspecified atom stereocenters. The van der Waals surface area contributed by atoms with Crippen molar-refractivity contribution in [2.45, 2.75) is 52.9 Å². The molecule has 0 aliphatic carbocycles. The van der Waals surface area contributed by atoms with Crippen molar-refractivity contribution in [3.05, 3.63) is 64.2 Å². The van der Waals surface area contributed by atoms with Crippen molar-refractivity contribution in [3.63, 3.8) is 0 Å². The third-order valence-electron chi connectivity index (χ3n) is 6.80. The van der Waals surface area contributed by atoms with Crippen molar-refractivity contribution < 1.29 is 0 Å². The van der Waals surface area contributed by atoms with E-state index in [4.69, 9.17) is 20.7 Å². The lowest BCUT2D eigenvalue weighted by atomic mass is 9.54. The van der Waals surface area contributed by atoms with Gasteiger partial charge in [0.05, 0.1) is 38.5 Å². The van der Waals surface area contributed by atoms with Gasteiger partial charge < -0.3 is 9.88 Å². The summed E-state index contributed by atoms with van der Waals surface area (Å²) in [5.41, 5.74) is 10.4. The van der Waals surface area contributed by atoms with Crippen molar-refractivity contribution in [1.82, 2.24) is 19.7 Å². The van der Waals surface area contributed by atoms with Gasteiger partial charge >= 0.3 is 0 Å². The molecule has 1 aromatic carbocycles. The van der Waals surface area contributed by atoms with Crippen LogP contribution in [0, 0.1) is 27.7 Å². The van der Waals surface area contributed by atoms with Crippen LogP contribution in [0.25, 0.3) is 22.2 Å². The van der Waals surface area contributed by atoms with Gasteiger partial charge in [0.2, 0.25) is 0 Å². The smallest absolute Gasteiger partial charge is 0.0966 e. The maximum absolute atomic E-state index is 6.86. The molecule has 158 valence electrons. The van der Waals surface area contributed by atoms with E-state index in [1.165, 1.54) is 10.9 Å². The summed E-state index contributed by atoms with van der Waals surface area (Å²) in [5.74, 6) is 0. The van der Waals surface area contributed by atoms with E-state index < -0.39 is 5.34 Å². The van der Waals surface area contributed by atoms with Crippen molar-refractivity contribution >= 4 is 32.3 Å². The van der Waals surface area contributed by atoms with Crippen LogP contribution in [-0.2, 0) is 18.3 Å². The van der Waals surface area contributed by atoms with Crippen molar-refractivity contribution in [1.29, 1.82) is 0 Å². The zero-order chi connectivity index (χ0) is 22.8. The average Bonchev–Trinajstić information content (AvgIpc) is 3.26. The van der Waals surface area contributed by atoms with E-state index >= 15 is 0 Å². The maximum Gasteiger partial charge on any atom is 0.0966 e. The number of benzene rings is 1. The molecule has 5 rings (SSSR count). The van der Waals surface area contributed by atoms with E-state index in [2.05, 4.69) is 66.9 Å². The second-order valence-corrected chi connectivity index (χ2v) is 8.91. The number of nitrogens with zero attached hydrogens (tertiary/aromatic N) is 4. The Balaban J connectivity index is 1.64. The topological polar surface area (TPSA) is 49.7 Å². The average molecular weight is 419 g/mol. The van der Waals surface area contributed by atoms with Crippen molar-refractivity contribution in [2.24, 2.45) is 0 Å². The molecule has 4 aromatic rings. The number of H-pyrrole nitrogens is 1. The van der Waals surface area contributed by atoms with Crippen LogP contribution in [0.3, 0.4) is 0 Å². The Morgan fingerprint density at radius 2 is 1.91 bits per heavy atom. The number of anilines is 1. The maximum atomic E-state index is 6.86. The first kappa shape index (κ1) is 20.9. The number of aromatic amines is 1. The minimum Gasteiger partial charge on any atom is -0.376 e. The summed E-state index contributed by atoms with van der Waals surface area (Å²) in [4.78, 5) is 10.5. The second-order valence-electron chi connectivity index (χ2n) is 8.91. The standard InChI is InChI=1S/C25H27B2N5/c1-6-32-17(5)24(16(4)30-32)31-11-10-20-23(25(31,26)27)14(2)12-21(29-20)18-8-7-9-19-22(18)15(3)13-28-19/h7-9,12-13,28H,6,10-11H2,1-5H3. The monoisotopic (exact) mass is 419 g/mol. The Bertz CT molecular complexity index is 1350. The van der Waals surface area contributed by atoms with Gasteiger partial charge in [-0.25, -0.2) is 0 Å².